The molecule has 0 aliphatic heterocycles. The van der Waals surface area contributed by atoms with Crippen molar-refractivity contribution in [2.24, 2.45) is 10.7 Å². The van der Waals surface area contributed by atoms with E-state index in [2.05, 4.69) is 28.3 Å². The number of nitrogens with one attached hydrogen (secondary N) is 1. The average molecular weight is 279 g/mol. The van der Waals surface area contributed by atoms with Crippen molar-refractivity contribution in [1.29, 1.82) is 0 Å². The van der Waals surface area contributed by atoms with Crippen LogP contribution in [0.3, 0.4) is 0 Å². The van der Waals surface area contributed by atoms with E-state index in [4.69, 9.17) is 18.0 Å². The van der Waals surface area contributed by atoms with E-state index in [1.165, 1.54) is 5.56 Å². The summed E-state index contributed by atoms with van der Waals surface area (Å²) in [7, 11) is 3.65. The molecule has 19 heavy (non-hydrogen) atoms. The number of nitrogens with two attached hydrogens (primary N) is 1. The quantitative estimate of drug-likeness (QED) is 0.373. The summed E-state index contributed by atoms with van der Waals surface area (Å²) in [6.07, 6.45) is 3.70. The van der Waals surface area contributed by atoms with E-state index >= 15 is 0 Å². The van der Waals surface area contributed by atoms with Gasteiger partial charge in [-0.3, -0.25) is 4.98 Å². The van der Waals surface area contributed by atoms with Gasteiger partial charge in [0.05, 0.1) is 0 Å². The topological polar surface area (TPSA) is 66.5 Å². The Balaban J connectivity index is 2.30. The van der Waals surface area contributed by atoms with Gasteiger partial charge in [-0.2, -0.15) is 4.99 Å². The molecule has 1 rings (SSSR count). The molecular formula is C13H21N5S. The van der Waals surface area contributed by atoms with Gasteiger partial charge in [0.2, 0.25) is 0 Å². The van der Waals surface area contributed by atoms with Crippen LogP contribution in [-0.4, -0.2) is 41.6 Å². The lowest BCUT2D eigenvalue weighted by Crippen LogP contribution is -2.33. The van der Waals surface area contributed by atoms with Gasteiger partial charge in [-0.05, 0) is 43.6 Å². The molecule has 0 amide bonds. The van der Waals surface area contributed by atoms with Crippen LogP contribution in [0.1, 0.15) is 17.7 Å². The minimum absolute atomic E-state index is 0.401. The van der Waals surface area contributed by atoms with Crippen molar-refractivity contribution in [3.8, 4) is 0 Å². The van der Waals surface area contributed by atoms with Crippen LogP contribution in [-0.2, 0) is 6.42 Å². The lowest BCUT2D eigenvalue weighted by atomic mass is 10.1. The number of hydrogen-bond acceptors (Lipinski definition) is 2. The Bertz CT molecular complexity index is 456. The lowest BCUT2D eigenvalue weighted by molar-refractivity contribution is 0.615. The Morgan fingerprint density at radius 1 is 1.53 bits per heavy atom. The summed E-state index contributed by atoms with van der Waals surface area (Å²) in [5.41, 5.74) is 8.02. The molecule has 5 nitrogen and oxygen atoms in total. The minimum atomic E-state index is 0.401. The van der Waals surface area contributed by atoms with E-state index in [1.54, 1.807) is 4.90 Å². The average Bonchev–Trinajstić information content (AvgIpc) is 2.36. The molecule has 0 saturated carbocycles. The van der Waals surface area contributed by atoms with Gasteiger partial charge >= 0.3 is 0 Å². The molecule has 104 valence electrons. The van der Waals surface area contributed by atoms with Crippen LogP contribution in [0.15, 0.2) is 23.3 Å². The Morgan fingerprint density at radius 2 is 2.26 bits per heavy atom. The summed E-state index contributed by atoms with van der Waals surface area (Å²) in [6.45, 7) is 2.83. The molecule has 0 aliphatic rings. The van der Waals surface area contributed by atoms with Gasteiger partial charge in [-0.25, -0.2) is 0 Å². The van der Waals surface area contributed by atoms with Crippen LogP contribution in [0.4, 0.5) is 0 Å². The number of aryl methyl sites for hydroxylation is 2. The summed E-state index contributed by atoms with van der Waals surface area (Å²) >= 11 is 5.08. The highest BCUT2D eigenvalue weighted by atomic mass is 32.1. The summed E-state index contributed by atoms with van der Waals surface area (Å²) < 4.78 is 0. The zero-order valence-electron chi connectivity index (χ0n) is 11.7. The van der Waals surface area contributed by atoms with Crippen molar-refractivity contribution in [3.05, 3.63) is 29.6 Å². The number of hydrogen-bond donors (Lipinski definition) is 2. The van der Waals surface area contributed by atoms with Crippen molar-refractivity contribution in [2.45, 2.75) is 19.8 Å². The zero-order chi connectivity index (χ0) is 14.3. The summed E-state index contributed by atoms with van der Waals surface area (Å²) in [5, 5.41) is 3.49. The number of rotatable bonds is 4. The predicted octanol–water partition coefficient (Wildman–Crippen LogP) is 1.07. The summed E-state index contributed by atoms with van der Waals surface area (Å²) in [5.74, 6) is 0.401. The van der Waals surface area contributed by atoms with Gasteiger partial charge in [0.25, 0.3) is 0 Å². The number of thiocarbonyl (C=S) groups is 1. The Kier molecular flexibility index (Phi) is 6.21. The van der Waals surface area contributed by atoms with E-state index < -0.39 is 0 Å². The fourth-order valence-electron chi connectivity index (χ4n) is 1.47. The molecule has 0 spiro atoms. The largest absolute Gasteiger partial charge is 0.369 e. The van der Waals surface area contributed by atoms with Crippen LogP contribution in [0.5, 0.6) is 0 Å². The van der Waals surface area contributed by atoms with Crippen molar-refractivity contribution in [3.63, 3.8) is 0 Å². The minimum Gasteiger partial charge on any atom is -0.369 e. The standard InChI is InChI=1S/C13H21N5S/c1-10-6-4-8-15-11(10)7-5-9-16-13(19)17-12(14)18(2)3/h4,6,8H,5,7,9H2,1-3H3,(H3,14,16,17,19). The summed E-state index contributed by atoms with van der Waals surface area (Å²) in [4.78, 5) is 10.1. The molecular weight excluding hydrogens is 258 g/mol. The van der Waals surface area contributed by atoms with E-state index in [1.807, 2.05) is 26.4 Å². The van der Waals surface area contributed by atoms with Crippen LogP contribution in [0, 0.1) is 6.92 Å². The predicted molar refractivity (Wildman–Crippen MR) is 83.2 cm³/mol. The Morgan fingerprint density at radius 3 is 2.89 bits per heavy atom. The van der Waals surface area contributed by atoms with Crippen LogP contribution in [0.2, 0.25) is 0 Å². The normalized spacial score (nSPS) is 11.2. The fourth-order valence-corrected chi connectivity index (χ4v) is 1.67. The Labute approximate surface area is 119 Å². The van der Waals surface area contributed by atoms with Gasteiger partial charge in [-0.1, -0.05) is 6.07 Å². The molecule has 6 heteroatoms. The van der Waals surface area contributed by atoms with Gasteiger partial charge in [0.1, 0.15) is 0 Å². The number of pyridine rings is 1. The molecule has 0 bridgehead atoms. The number of aliphatic imine (C=N–C) groups is 1. The van der Waals surface area contributed by atoms with Gasteiger partial charge in [0.15, 0.2) is 11.1 Å². The van der Waals surface area contributed by atoms with Crippen molar-refractivity contribution >= 4 is 23.3 Å². The molecule has 0 aromatic carbocycles. The van der Waals surface area contributed by atoms with Gasteiger partial charge in [-0.15, -0.1) is 0 Å². The molecule has 0 radical (unpaired) electrons. The molecule has 3 N–H and O–H groups in total. The third kappa shape index (κ3) is 5.65. The van der Waals surface area contributed by atoms with Crippen LogP contribution in [0.25, 0.3) is 0 Å². The number of nitrogens with zero attached hydrogens (tertiary/aromatic N) is 3. The first-order valence-electron chi connectivity index (χ1n) is 6.20. The SMILES string of the molecule is Cc1cccnc1CCCNC(=S)N=C(N)N(C)C. The molecule has 0 saturated heterocycles. The first kappa shape index (κ1) is 15.4. The maximum Gasteiger partial charge on any atom is 0.198 e. The van der Waals surface area contributed by atoms with Gasteiger partial charge in [0, 0.05) is 32.5 Å². The third-order valence-corrected chi connectivity index (χ3v) is 2.89. The van der Waals surface area contributed by atoms with Crippen molar-refractivity contribution < 1.29 is 0 Å². The summed E-state index contributed by atoms with van der Waals surface area (Å²) in [6, 6.07) is 4.02. The maximum atomic E-state index is 5.67. The highest BCUT2D eigenvalue weighted by Gasteiger charge is 2.00. The van der Waals surface area contributed by atoms with E-state index in [0.29, 0.717) is 11.1 Å². The van der Waals surface area contributed by atoms with E-state index in [9.17, 15) is 0 Å². The first-order valence-corrected chi connectivity index (χ1v) is 6.61. The van der Waals surface area contributed by atoms with Crippen molar-refractivity contribution in [2.75, 3.05) is 20.6 Å². The van der Waals surface area contributed by atoms with E-state index in [-0.39, 0.29) is 0 Å². The van der Waals surface area contributed by atoms with Crippen LogP contribution >= 0.6 is 12.2 Å². The van der Waals surface area contributed by atoms with E-state index in [0.717, 1.165) is 25.1 Å². The highest BCUT2D eigenvalue weighted by Crippen LogP contribution is 2.05. The number of guanidine groups is 1. The lowest BCUT2D eigenvalue weighted by Gasteiger charge is -2.11. The number of aromatic nitrogens is 1. The maximum absolute atomic E-state index is 5.67. The fraction of sp³-hybridized carbons (Fsp3) is 0.462. The smallest absolute Gasteiger partial charge is 0.198 e. The molecule has 1 aromatic rings. The second kappa shape index (κ2) is 7.68. The second-order valence-electron chi connectivity index (χ2n) is 4.47. The molecule has 1 heterocycles. The van der Waals surface area contributed by atoms with Crippen molar-refractivity contribution in [1.82, 2.24) is 15.2 Å². The molecule has 1 aromatic heterocycles. The monoisotopic (exact) mass is 279 g/mol. The highest BCUT2D eigenvalue weighted by molar-refractivity contribution is 7.80. The molecule has 0 atom stereocenters. The zero-order valence-corrected chi connectivity index (χ0v) is 12.5. The van der Waals surface area contributed by atoms with Crippen LogP contribution < -0.4 is 11.1 Å². The molecule has 0 unspecified atom stereocenters. The molecule has 0 fully saturated rings. The second-order valence-corrected chi connectivity index (χ2v) is 4.85. The third-order valence-electron chi connectivity index (χ3n) is 2.66. The first-order chi connectivity index (χ1) is 9.00. The molecule has 0 aliphatic carbocycles. The Hall–Kier alpha value is -1.69. The van der Waals surface area contributed by atoms with Gasteiger partial charge < -0.3 is 16.0 Å².